The van der Waals surface area contributed by atoms with Gasteiger partial charge in [-0.05, 0) is 25.3 Å². The van der Waals surface area contributed by atoms with Crippen LogP contribution >= 0.6 is 0 Å². The van der Waals surface area contributed by atoms with Gasteiger partial charge in [0.1, 0.15) is 11.6 Å². The molecule has 25 heavy (non-hydrogen) atoms. The molecule has 0 aliphatic carbocycles. The third-order valence-electron chi connectivity index (χ3n) is 4.82. The van der Waals surface area contributed by atoms with E-state index in [1.165, 1.54) is 12.7 Å². The Balaban J connectivity index is 1.92. The average molecular weight is 339 g/mol. The van der Waals surface area contributed by atoms with Gasteiger partial charge in [-0.15, -0.1) is 0 Å². The van der Waals surface area contributed by atoms with E-state index in [9.17, 15) is 4.79 Å². The quantitative estimate of drug-likeness (QED) is 0.801. The van der Waals surface area contributed by atoms with Gasteiger partial charge in [-0.3, -0.25) is 4.79 Å². The van der Waals surface area contributed by atoms with Crippen LogP contribution in [0.3, 0.4) is 0 Å². The second kappa shape index (κ2) is 7.64. The van der Waals surface area contributed by atoms with Crippen LogP contribution in [-0.4, -0.2) is 36.1 Å². The molecular formula is C20H25N3O2. The van der Waals surface area contributed by atoms with E-state index in [-0.39, 0.29) is 17.8 Å². The minimum Gasteiger partial charge on any atom is -0.469 e. The van der Waals surface area contributed by atoms with Crippen molar-refractivity contribution in [1.82, 2.24) is 9.97 Å². The lowest BCUT2D eigenvalue weighted by molar-refractivity contribution is -0.145. The largest absolute Gasteiger partial charge is 0.469 e. The molecule has 1 aromatic heterocycles. The minimum absolute atomic E-state index is 0.146. The number of nitrogens with zero attached hydrogens (tertiary/aromatic N) is 3. The van der Waals surface area contributed by atoms with Gasteiger partial charge in [0.15, 0.2) is 0 Å². The van der Waals surface area contributed by atoms with Gasteiger partial charge < -0.3 is 9.64 Å². The highest BCUT2D eigenvalue weighted by molar-refractivity contribution is 5.73. The second-order valence-corrected chi connectivity index (χ2v) is 6.59. The highest BCUT2D eigenvalue weighted by Crippen LogP contribution is 2.33. The third kappa shape index (κ3) is 3.98. The molecule has 1 aliphatic heterocycles. The molecule has 2 aromatic rings. The zero-order valence-corrected chi connectivity index (χ0v) is 15.1. The van der Waals surface area contributed by atoms with Crippen molar-refractivity contribution in [3.8, 4) is 0 Å². The molecule has 0 spiro atoms. The van der Waals surface area contributed by atoms with E-state index in [0.717, 1.165) is 36.7 Å². The highest BCUT2D eigenvalue weighted by Gasteiger charge is 2.33. The molecule has 3 rings (SSSR count). The Bertz CT molecular complexity index is 733. The topological polar surface area (TPSA) is 55.3 Å². The summed E-state index contributed by atoms with van der Waals surface area (Å²) in [5.41, 5.74) is 2.28. The summed E-state index contributed by atoms with van der Waals surface area (Å²) in [5, 5.41) is 0. The SMILES string of the molecule is CCc1cc(N2CC(C(=O)OC)CC(c3ccccc3)C2)nc(C)n1. The molecule has 1 aliphatic rings. The third-order valence-corrected chi connectivity index (χ3v) is 4.82. The van der Waals surface area contributed by atoms with E-state index in [0.29, 0.717) is 6.54 Å². The van der Waals surface area contributed by atoms with Crippen molar-refractivity contribution < 1.29 is 9.53 Å². The lowest BCUT2D eigenvalue weighted by Gasteiger charge is -2.37. The summed E-state index contributed by atoms with van der Waals surface area (Å²) < 4.78 is 5.03. The number of esters is 1. The minimum atomic E-state index is -0.149. The maximum Gasteiger partial charge on any atom is 0.310 e. The smallest absolute Gasteiger partial charge is 0.310 e. The van der Waals surface area contributed by atoms with Crippen LogP contribution in [0.25, 0.3) is 0 Å². The van der Waals surface area contributed by atoms with Gasteiger partial charge in [0, 0.05) is 30.8 Å². The van der Waals surface area contributed by atoms with Crippen LogP contribution in [0.1, 0.15) is 36.3 Å². The van der Waals surface area contributed by atoms with Gasteiger partial charge in [0.05, 0.1) is 13.0 Å². The average Bonchev–Trinajstić information content (AvgIpc) is 2.67. The van der Waals surface area contributed by atoms with E-state index in [2.05, 4.69) is 33.9 Å². The van der Waals surface area contributed by atoms with E-state index in [1.54, 1.807) is 0 Å². The second-order valence-electron chi connectivity index (χ2n) is 6.59. The number of hydrogen-bond donors (Lipinski definition) is 0. The molecule has 0 saturated carbocycles. The van der Waals surface area contributed by atoms with Crippen molar-refractivity contribution in [2.75, 3.05) is 25.1 Å². The number of hydrogen-bond acceptors (Lipinski definition) is 5. The summed E-state index contributed by atoms with van der Waals surface area (Å²) in [6.45, 7) is 5.48. The van der Waals surface area contributed by atoms with Gasteiger partial charge in [0.25, 0.3) is 0 Å². The molecule has 0 N–H and O–H groups in total. The standard InChI is InChI=1S/C20H25N3O2/c1-4-18-11-19(22-14(2)21-18)23-12-16(15-8-6-5-7-9-15)10-17(13-23)20(24)25-3/h5-9,11,16-17H,4,10,12-13H2,1-3H3. The predicted molar refractivity (Wildman–Crippen MR) is 97.7 cm³/mol. The molecule has 0 amide bonds. The molecule has 132 valence electrons. The first kappa shape index (κ1) is 17.4. The Morgan fingerprint density at radius 1 is 1.24 bits per heavy atom. The molecule has 1 fully saturated rings. The maximum atomic E-state index is 12.2. The van der Waals surface area contributed by atoms with E-state index in [1.807, 2.05) is 31.2 Å². The number of piperidine rings is 1. The Morgan fingerprint density at radius 2 is 2.00 bits per heavy atom. The predicted octanol–water partition coefficient (Wildman–Crippen LogP) is 3.13. The van der Waals surface area contributed by atoms with Crippen LogP contribution < -0.4 is 4.90 Å². The van der Waals surface area contributed by atoms with Gasteiger partial charge in [-0.2, -0.15) is 0 Å². The number of benzene rings is 1. The van der Waals surface area contributed by atoms with Crippen molar-refractivity contribution in [1.29, 1.82) is 0 Å². The number of aryl methyl sites for hydroxylation is 2. The molecule has 5 nitrogen and oxygen atoms in total. The van der Waals surface area contributed by atoms with Crippen molar-refractivity contribution in [2.45, 2.75) is 32.6 Å². The lowest BCUT2D eigenvalue weighted by Crippen LogP contribution is -2.43. The van der Waals surface area contributed by atoms with Crippen molar-refractivity contribution in [3.05, 3.63) is 53.5 Å². The molecule has 2 atom stereocenters. The van der Waals surface area contributed by atoms with Crippen LogP contribution in [-0.2, 0) is 16.0 Å². The van der Waals surface area contributed by atoms with Gasteiger partial charge in [-0.1, -0.05) is 37.3 Å². The first-order valence-corrected chi connectivity index (χ1v) is 8.83. The van der Waals surface area contributed by atoms with Crippen molar-refractivity contribution >= 4 is 11.8 Å². The number of anilines is 1. The molecule has 1 saturated heterocycles. The van der Waals surface area contributed by atoms with Crippen LogP contribution in [0, 0.1) is 12.8 Å². The number of ether oxygens (including phenoxy) is 1. The van der Waals surface area contributed by atoms with Crippen LogP contribution in [0.5, 0.6) is 0 Å². The molecule has 5 heteroatoms. The fraction of sp³-hybridized carbons (Fsp3) is 0.450. The van der Waals surface area contributed by atoms with E-state index in [4.69, 9.17) is 4.74 Å². The summed E-state index contributed by atoms with van der Waals surface area (Å²) in [7, 11) is 1.46. The molecule has 2 unspecified atom stereocenters. The van der Waals surface area contributed by atoms with Gasteiger partial charge in [-0.25, -0.2) is 9.97 Å². The summed E-state index contributed by atoms with van der Waals surface area (Å²) in [5.74, 6) is 1.65. The zero-order valence-electron chi connectivity index (χ0n) is 15.1. The summed E-state index contributed by atoms with van der Waals surface area (Å²) in [6, 6.07) is 12.4. The van der Waals surface area contributed by atoms with Crippen molar-refractivity contribution in [2.24, 2.45) is 5.92 Å². The summed E-state index contributed by atoms with van der Waals surface area (Å²) in [4.78, 5) is 23.5. The number of aromatic nitrogens is 2. The fourth-order valence-electron chi connectivity index (χ4n) is 3.55. The summed E-state index contributed by atoms with van der Waals surface area (Å²) >= 11 is 0. The molecular weight excluding hydrogens is 314 g/mol. The number of carbonyl (C=O) groups excluding carboxylic acids is 1. The molecule has 0 bridgehead atoms. The molecule has 0 radical (unpaired) electrons. The maximum absolute atomic E-state index is 12.2. The van der Waals surface area contributed by atoms with E-state index >= 15 is 0 Å². The first-order chi connectivity index (χ1) is 12.1. The summed E-state index contributed by atoms with van der Waals surface area (Å²) in [6.07, 6.45) is 1.67. The fourth-order valence-corrected chi connectivity index (χ4v) is 3.55. The van der Waals surface area contributed by atoms with Crippen molar-refractivity contribution in [3.63, 3.8) is 0 Å². The Kier molecular flexibility index (Phi) is 5.31. The molecule has 1 aromatic carbocycles. The van der Waals surface area contributed by atoms with Gasteiger partial charge in [0.2, 0.25) is 0 Å². The van der Waals surface area contributed by atoms with E-state index < -0.39 is 0 Å². The number of carbonyl (C=O) groups is 1. The molecule has 2 heterocycles. The lowest BCUT2D eigenvalue weighted by atomic mass is 9.84. The van der Waals surface area contributed by atoms with Gasteiger partial charge >= 0.3 is 5.97 Å². The highest BCUT2D eigenvalue weighted by atomic mass is 16.5. The number of rotatable bonds is 4. The van der Waals surface area contributed by atoms with Crippen LogP contribution in [0.4, 0.5) is 5.82 Å². The normalized spacial score (nSPS) is 20.4. The Morgan fingerprint density at radius 3 is 2.68 bits per heavy atom. The first-order valence-electron chi connectivity index (χ1n) is 8.83. The monoisotopic (exact) mass is 339 g/mol. The Labute approximate surface area is 149 Å². The number of methoxy groups -OCH3 is 1. The zero-order chi connectivity index (χ0) is 17.8. The van der Waals surface area contributed by atoms with Crippen LogP contribution in [0.2, 0.25) is 0 Å². The van der Waals surface area contributed by atoms with Crippen LogP contribution in [0.15, 0.2) is 36.4 Å². The Hall–Kier alpha value is -2.43.